The Kier molecular flexibility index (Phi) is 6.94. The van der Waals surface area contributed by atoms with Gasteiger partial charge in [-0.1, -0.05) is 12.1 Å². The van der Waals surface area contributed by atoms with Crippen molar-refractivity contribution in [3.8, 4) is 0 Å². The van der Waals surface area contributed by atoms with Crippen LogP contribution in [0.1, 0.15) is 43.6 Å². The first-order chi connectivity index (χ1) is 12.0. The summed E-state index contributed by atoms with van der Waals surface area (Å²) in [5.41, 5.74) is 1.73. The molecular formula is C18H23NO6. The van der Waals surface area contributed by atoms with Crippen LogP contribution in [0.3, 0.4) is 0 Å². The maximum Gasteiger partial charge on any atom is 0.396 e. The molecule has 25 heavy (non-hydrogen) atoms. The summed E-state index contributed by atoms with van der Waals surface area (Å²) in [6, 6.07) is 7.43. The lowest BCUT2D eigenvalue weighted by atomic mass is 9.82. The summed E-state index contributed by atoms with van der Waals surface area (Å²) in [6.45, 7) is 0.263. The van der Waals surface area contributed by atoms with E-state index in [1.165, 1.54) is 5.56 Å². The van der Waals surface area contributed by atoms with E-state index in [2.05, 4.69) is 10.1 Å². The van der Waals surface area contributed by atoms with Crippen LogP contribution in [0.4, 0.5) is 5.69 Å². The number of anilines is 1. The monoisotopic (exact) mass is 349 g/mol. The van der Waals surface area contributed by atoms with Crippen molar-refractivity contribution in [3.63, 3.8) is 0 Å². The van der Waals surface area contributed by atoms with Crippen LogP contribution in [-0.2, 0) is 23.9 Å². The molecule has 0 saturated heterocycles. The number of methoxy groups -OCH3 is 1. The molecule has 2 N–H and O–H groups in total. The van der Waals surface area contributed by atoms with Crippen molar-refractivity contribution in [2.45, 2.75) is 44.1 Å². The Morgan fingerprint density at radius 1 is 1.12 bits per heavy atom. The predicted octanol–water partition coefficient (Wildman–Crippen LogP) is 2.32. The van der Waals surface area contributed by atoms with Gasteiger partial charge in [0.05, 0.1) is 26.2 Å². The Morgan fingerprint density at radius 3 is 2.32 bits per heavy atom. The molecule has 0 aromatic heterocycles. The zero-order valence-electron chi connectivity index (χ0n) is 14.2. The molecule has 1 fully saturated rings. The molecule has 0 bridgehead atoms. The summed E-state index contributed by atoms with van der Waals surface area (Å²) in [7, 11) is 1.16. The van der Waals surface area contributed by atoms with Gasteiger partial charge in [0.15, 0.2) is 0 Å². The molecule has 136 valence electrons. The van der Waals surface area contributed by atoms with Gasteiger partial charge in [0.1, 0.15) is 0 Å². The molecule has 1 aliphatic rings. The van der Waals surface area contributed by atoms with E-state index in [0.717, 1.165) is 32.8 Å². The number of carbonyl (C=O) groups is 3. The van der Waals surface area contributed by atoms with Gasteiger partial charge in [0, 0.05) is 5.69 Å². The van der Waals surface area contributed by atoms with Gasteiger partial charge in [0.2, 0.25) is 0 Å². The molecule has 7 nitrogen and oxygen atoms in total. The van der Waals surface area contributed by atoms with Crippen molar-refractivity contribution in [3.05, 3.63) is 29.8 Å². The van der Waals surface area contributed by atoms with Crippen molar-refractivity contribution >= 4 is 23.5 Å². The third-order valence-electron chi connectivity index (χ3n) is 4.35. The van der Waals surface area contributed by atoms with Crippen molar-refractivity contribution in [2.24, 2.45) is 0 Å². The lowest BCUT2D eigenvalue weighted by Gasteiger charge is -2.28. The Morgan fingerprint density at radius 2 is 1.76 bits per heavy atom. The molecule has 1 saturated carbocycles. The molecule has 0 radical (unpaired) electrons. The molecule has 0 aliphatic heterocycles. The van der Waals surface area contributed by atoms with Crippen LogP contribution < -0.4 is 5.32 Å². The first kappa shape index (κ1) is 18.9. The Balaban J connectivity index is 1.80. The van der Waals surface area contributed by atoms with Crippen LogP contribution in [0, 0.1) is 0 Å². The van der Waals surface area contributed by atoms with E-state index in [0.29, 0.717) is 11.6 Å². The van der Waals surface area contributed by atoms with Crippen molar-refractivity contribution in [2.75, 3.05) is 19.0 Å². The second kappa shape index (κ2) is 9.17. The average molecular weight is 349 g/mol. The number of ether oxygens (including phenoxy) is 2. The third kappa shape index (κ3) is 5.86. The molecular weight excluding hydrogens is 326 g/mol. The molecule has 1 aromatic carbocycles. The van der Waals surface area contributed by atoms with Gasteiger partial charge in [-0.2, -0.15) is 0 Å². The van der Waals surface area contributed by atoms with Gasteiger partial charge in [-0.05, 0) is 49.3 Å². The van der Waals surface area contributed by atoms with Gasteiger partial charge >= 0.3 is 17.8 Å². The summed E-state index contributed by atoms with van der Waals surface area (Å²) in [4.78, 5) is 33.0. The van der Waals surface area contributed by atoms with E-state index >= 15 is 0 Å². The normalized spacial score (nSPS) is 19.9. The Hall–Kier alpha value is -2.41. The summed E-state index contributed by atoms with van der Waals surface area (Å²) in [5.74, 6) is -2.14. The summed E-state index contributed by atoms with van der Waals surface area (Å²) >= 11 is 0. The number of carboxylic acids is 1. The number of nitrogens with one attached hydrogen (secondary N) is 1. The van der Waals surface area contributed by atoms with Gasteiger partial charge < -0.3 is 19.9 Å². The minimum absolute atomic E-state index is 0.0404. The molecule has 2 rings (SSSR count). The van der Waals surface area contributed by atoms with Gasteiger partial charge in [-0.15, -0.1) is 0 Å². The molecule has 0 atom stereocenters. The minimum atomic E-state index is -0.926. The van der Waals surface area contributed by atoms with Crippen LogP contribution in [0.2, 0.25) is 0 Å². The predicted molar refractivity (Wildman–Crippen MR) is 90.3 cm³/mol. The van der Waals surface area contributed by atoms with Crippen LogP contribution in [0.25, 0.3) is 0 Å². The Labute approximate surface area is 146 Å². The number of aliphatic carboxylic acids is 1. The molecule has 1 amide bonds. The molecule has 0 spiro atoms. The maximum absolute atomic E-state index is 11.5. The van der Waals surface area contributed by atoms with Gasteiger partial charge in [0.25, 0.3) is 0 Å². The number of amides is 1. The van der Waals surface area contributed by atoms with E-state index in [-0.39, 0.29) is 19.1 Å². The number of carbonyl (C=O) groups excluding carboxylic acids is 2. The smallest absolute Gasteiger partial charge is 0.396 e. The average Bonchev–Trinajstić information content (AvgIpc) is 2.62. The zero-order chi connectivity index (χ0) is 18.2. The highest BCUT2D eigenvalue weighted by Crippen LogP contribution is 2.34. The number of benzene rings is 1. The number of carboxylic acid groups (broad SMARTS) is 1. The van der Waals surface area contributed by atoms with Crippen molar-refractivity contribution < 1.29 is 29.0 Å². The maximum atomic E-state index is 11.5. The van der Waals surface area contributed by atoms with E-state index in [9.17, 15) is 14.4 Å². The Bertz CT molecular complexity index is 604. The lowest BCUT2D eigenvalue weighted by Crippen LogP contribution is -2.24. The molecule has 0 unspecified atom stereocenters. The van der Waals surface area contributed by atoms with Crippen molar-refractivity contribution in [1.29, 1.82) is 0 Å². The highest BCUT2D eigenvalue weighted by atomic mass is 16.5. The SMILES string of the molecule is COC(=O)C(=O)Nc1ccc(C2CCC(OCCC(=O)O)CC2)cc1. The number of hydrogen-bond donors (Lipinski definition) is 2. The standard InChI is InChI=1S/C18H23NO6/c1-24-18(23)17(22)19-14-6-2-12(3-7-14)13-4-8-15(9-5-13)25-11-10-16(20)21/h2-3,6-7,13,15H,4-5,8-11H2,1H3,(H,19,22)(H,20,21). The quantitative estimate of drug-likeness (QED) is 0.604. The van der Waals surface area contributed by atoms with E-state index < -0.39 is 17.8 Å². The second-order valence-electron chi connectivity index (χ2n) is 6.06. The molecule has 1 aliphatic carbocycles. The fraction of sp³-hybridized carbons (Fsp3) is 0.500. The van der Waals surface area contributed by atoms with Crippen LogP contribution in [0.15, 0.2) is 24.3 Å². The number of hydrogen-bond acceptors (Lipinski definition) is 5. The fourth-order valence-electron chi connectivity index (χ4n) is 2.99. The van der Waals surface area contributed by atoms with Gasteiger partial charge in [-0.3, -0.25) is 9.59 Å². The van der Waals surface area contributed by atoms with Crippen LogP contribution in [-0.4, -0.2) is 42.8 Å². The highest BCUT2D eigenvalue weighted by molar-refractivity contribution is 6.37. The topological polar surface area (TPSA) is 102 Å². The summed E-state index contributed by atoms with van der Waals surface area (Å²) in [6.07, 6.45) is 3.95. The zero-order valence-corrected chi connectivity index (χ0v) is 14.2. The molecule has 0 heterocycles. The van der Waals surface area contributed by atoms with Crippen molar-refractivity contribution in [1.82, 2.24) is 0 Å². The fourth-order valence-corrected chi connectivity index (χ4v) is 2.99. The van der Waals surface area contributed by atoms with E-state index in [4.69, 9.17) is 9.84 Å². The summed E-state index contributed by atoms with van der Waals surface area (Å²) < 4.78 is 9.96. The largest absolute Gasteiger partial charge is 0.481 e. The van der Waals surface area contributed by atoms with Gasteiger partial charge in [-0.25, -0.2) is 4.79 Å². The first-order valence-electron chi connectivity index (χ1n) is 8.32. The molecule has 1 aromatic rings. The van der Waals surface area contributed by atoms with Crippen LogP contribution >= 0.6 is 0 Å². The second-order valence-corrected chi connectivity index (χ2v) is 6.06. The minimum Gasteiger partial charge on any atom is -0.481 e. The first-order valence-corrected chi connectivity index (χ1v) is 8.32. The highest BCUT2D eigenvalue weighted by Gasteiger charge is 2.23. The molecule has 7 heteroatoms. The lowest BCUT2D eigenvalue weighted by molar-refractivity contribution is -0.150. The van der Waals surface area contributed by atoms with E-state index in [1.54, 1.807) is 12.1 Å². The van der Waals surface area contributed by atoms with Crippen LogP contribution in [0.5, 0.6) is 0 Å². The number of esters is 1. The van der Waals surface area contributed by atoms with E-state index in [1.807, 2.05) is 12.1 Å². The summed E-state index contributed by atoms with van der Waals surface area (Å²) in [5, 5.41) is 11.1. The third-order valence-corrected chi connectivity index (χ3v) is 4.35. The number of rotatable bonds is 6.